The molecule has 0 bridgehead atoms. The fraction of sp³-hybridized carbons (Fsp3) is 0.227. The van der Waals surface area contributed by atoms with Crippen LogP contribution in [0.15, 0.2) is 67.0 Å². The average molecular weight is 401 g/mol. The summed E-state index contributed by atoms with van der Waals surface area (Å²) in [6.07, 6.45) is 3.32. The maximum absolute atomic E-state index is 12.8. The lowest BCUT2D eigenvalue weighted by atomic mass is 9.92. The number of aromatic nitrogens is 6. The van der Waals surface area contributed by atoms with Crippen LogP contribution < -0.4 is 5.32 Å². The molecule has 3 aromatic heterocycles. The van der Waals surface area contributed by atoms with Gasteiger partial charge in [-0.1, -0.05) is 62.4 Å². The number of rotatable bonds is 5. The van der Waals surface area contributed by atoms with Crippen LogP contribution in [0.5, 0.6) is 0 Å². The van der Waals surface area contributed by atoms with E-state index in [0.29, 0.717) is 18.2 Å². The van der Waals surface area contributed by atoms with Crippen molar-refractivity contribution in [2.24, 2.45) is 0 Å². The molecule has 4 rings (SSSR count). The van der Waals surface area contributed by atoms with Crippen LogP contribution in [0.4, 0.5) is 5.82 Å². The Morgan fingerprint density at radius 2 is 1.83 bits per heavy atom. The highest BCUT2D eigenvalue weighted by Crippen LogP contribution is 2.26. The molecule has 0 unspecified atom stereocenters. The summed E-state index contributed by atoms with van der Waals surface area (Å²) in [6.45, 7) is 6.75. The van der Waals surface area contributed by atoms with Crippen LogP contribution in [0.3, 0.4) is 0 Å². The molecule has 0 saturated heterocycles. The van der Waals surface area contributed by atoms with Gasteiger partial charge in [0.1, 0.15) is 5.82 Å². The molecule has 4 aromatic rings. The van der Waals surface area contributed by atoms with Crippen LogP contribution >= 0.6 is 0 Å². The molecule has 0 radical (unpaired) electrons. The summed E-state index contributed by atoms with van der Waals surface area (Å²) < 4.78 is 3.27. The highest BCUT2D eigenvalue weighted by atomic mass is 16.2. The van der Waals surface area contributed by atoms with Gasteiger partial charge in [0, 0.05) is 17.7 Å². The van der Waals surface area contributed by atoms with Crippen molar-refractivity contribution in [3.05, 3.63) is 83.9 Å². The van der Waals surface area contributed by atoms with Gasteiger partial charge >= 0.3 is 0 Å². The Morgan fingerprint density at radius 1 is 1.07 bits per heavy atom. The third kappa shape index (κ3) is 4.27. The van der Waals surface area contributed by atoms with Crippen molar-refractivity contribution in [2.45, 2.75) is 32.7 Å². The number of benzene rings is 1. The van der Waals surface area contributed by atoms with Crippen molar-refractivity contribution in [3.8, 4) is 5.82 Å². The third-order valence-electron chi connectivity index (χ3n) is 4.54. The second kappa shape index (κ2) is 7.90. The molecule has 0 aliphatic carbocycles. The van der Waals surface area contributed by atoms with Crippen molar-refractivity contribution >= 4 is 11.7 Å². The Bertz CT molecular complexity index is 1140. The van der Waals surface area contributed by atoms with E-state index in [0.717, 1.165) is 11.3 Å². The molecule has 0 atom stereocenters. The Balaban J connectivity index is 1.58. The zero-order chi connectivity index (χ0) is 21.1. The van der Waals surface area contributed by atoms with Gasteiger partial charge in [0.15, 0.2) is 11.5 Å². The molecule has 30 heavy (non-hydrogen) atoms. The predicted molar refractivity (Wildman–Crippen MR) is 114 cm³/mol. The van der Waals surface area contributed by atoms with Crippen LogP contribution in [0, 0.1) is 0 Å². The van der Waals surface area contributed by atoms with Gasteiger partial charge in [0.05, 0.1) is 18.4 Å². The monoisotopic (exact) mass is 401 g/mol. The number of nitrogens with one attached hydrogen (secondary N) is 1. The molecule has 8 nitrogen and oxygen atoms in total. The van der Waals surface area contributed by atoms with Crippen molar-refractivity contribution in [1.82, 2.24) is 29.8 Å². The maximum Gasteiger partial charge on any atom is 0.278 e. The van der Waals surface area contributed by atoms with E-state index in [-0.39, 0.29) is 17.0 Å². The number of pyridine rings is 1. The number of hydrogen-bond acceptors (Lipinski definition) is 5. The van der Waals surface area contributed by atoms with E-state index in [4.69, 9.17) is 0 Å². The van der Waals surface area contributed by atoms with Crippen molar-refractivity contribution in [2.75, 3.05) is 5.32 Å². The maximum atomic E-state index is 12.8. The molecule has 152 valence electrons. The van der Waals surface area contributed by atoms with E-state index >= 15 is 0 Å². The first-order valence-corrected chi connectivity index (χ1v) is 9.67. The number of amides is 1. The van der Waals surface area contributed by atoms with Crippen LogP contribution in [0.25, 0.3) is 5.82 Å². The predicted octanol–water partition coefficient (Wildman–Crippen LogP) is 3.46. The Labute approximate surface area is 174 Å². The Kier molecular flexibility index (Phi) is 5.14. The van der Waals surface area contributed by atoms with Crippen LogP contribution in [-0.4, -0.2) is 35.7 Å². The smallest absolute Gasteiger partial charge is 0.278 e. The molecule has 0 saturated carbocycles. The second-order valence-corrected chi connectivity index (χ2v) is 8.01. The number of anilines is 1. The second-order valence-electron chi connectivity index (χ2n) is 8.01. The zero-order valence-electron chi connectivity index (χ0n) is 17.1. The SMILES string of the molecule is CC(C)(C)c1cc(NC(=O)c2cn(Cc3ccccc3)nn2)n(-c2ccccn2)n1. The van der Waals surface area contributed by atoms with Gasteiger partial charge in [-0.2, -0.15) is 9.78 Å². The number of hydrogen-bond donors (Lipinski definition) is 1. The van der Waals surface area contributed by atoms with Gasteiger partial charge in [-0.15, -0.1) is 5.10 Å². The quantitative estimate of drug-likeness (QED) is 0.553. The van der Waals surface area contributed by atoms with Gasteiger partial charge in [-0.3, -0.25) is 4.79 Å². The summed E-state index contributed by atoms with van der Waals surface area (Å²) in [5.41, 5.74) is 1.98. The summed E-state index contributed by atoms with van der Waals surface area (Å²) in [5.74, 6) is 0.795. The average Bonchev–Trinajstić information content (AvgIpc) is 3.37. The minimum atomic E-state index is -0.355. The zero-order valence-corrected chi connectivity index (χ0v) is 17.1. The van der Waals surface area contributed by atoms with Crippen molar-refractivity contribution < 1.29 is 4.79 Å². The molecule has 0 aliphatic rings. The molecule has 0 aliphatic heterocycles. The summed E-state index contributed by atoms with van der Waals surface area (Å²) in [6, 6.07) is 17.3. The van der Waals surface area contributed by atoms with Gasteiger partial charge < -0.3 is 5.32 Å². The fourth-order valence-electron chi connectivity index (χ4n) is 2.92. The van der Waals surface area contributed by atoms with E-state index in [1.807, 2.05) is 54.6 Å². The molecule has 1 aromatic carbocycles. The third-order valence-corrected chi connectivity index (χ3v) is 4.54. The van der Waals surface area contributed by atoms with Crippen molar-refractivity contribution in [1.29, 1.82) is 0 Å². The first kappa shape index (κ1) is 19.5. The van der Waals surface area contributed by atoms with Gasteiger partial charge in [-0.05, 0) is 17.7 Å². The van der Waals surface area contributed by atoms with E-state index in [9.17, 15) is 4.79 Å². The standard InChI is InChI=1S/C22H23N7O/c1-22(2,3)18-13-20(29(26-18)19-11-7-8-12-23-19)24-21(30)17-15-28(27-25-17)14-16-9-5-4-6-10-16/h4-13,15H,14H2,1-3H3,(H,24,30). The van der Waals surface area contributed by atoms with E-state index < -0.39 is 0 Å². The molecule has 1 N–H and O–H groups in total. The summed E-state index contributed by atoms with van der Waals surface area (Å²) in [7, 11) is 0. The Hall–Kier alpha value is -3.81. The topological polar surface area (TPSA) is 90.5 Å². The van der Waals surface area contributed by atoms with E-state index in [1.165, 1.54) is 0 Å². The van der Waals surface area contributed by atoms with Crippen LogP contribution in [0.2, 0.25) is 0 Å². The van der Waals surface area contributed by atoms with Crippen molar-refractivity contribution in [3.63, 3.8) is 0 Å². The molecular formula is C22H23N7O. The minimum Gasteiger partial charge on any atom is -0.305 e. The van der Waals surface area contributed by atoms with Gasteiger partial charge in [-0.25, -0.2) is 9.67 Å². The summed E-state index contributed by atoms with van der Waals surface area (Å²) >= 11 is 0. The number of carbonyl (C=O) groups is 1. The molecule has 8 heteroatoms. The van der Waals surface area contributed by atoms with Crippen LogP contribution in [0.1, 0.15) is 42.5 Å². The van der Waals surface area contributed by atoms with Gasteiger partial charge in [0.25, 0.3) is 5.91 Å². The highest BCUT2D eigenvalue weighted by Gasteiger charge is 2.22. The normalized spacial score (nSPS) is 11.4. The number of nitrogens with zero attached hydrogens (tertiary/aromatic N) is 6. The molecule has 0 fully saturated rings. The van der Waals surface area contributed by atoms with E-state index in [2.05, 4.69) is 46.5 Å². The lowest BCUT2D eigenvalue weighted by molar-refractivity contribution is 0.102. The minimum absolute atomic E-state index is 0.182. The first-order chi connectivity index (χ1) is 14.4. The Morgan fingerprint density at radius 3 is 2.53 bits per heavy atom. The number of carbonyl (C=O) groups excluding carboxylic acids is 1. The lowest BCUT2D eigenvalue weighted by Gasteiger charge is -2.13. The van der Waals surface area contributed by atoms with E-state index in [1.54, 1.807) is 21.8 Å². The van der Waals surface area contributed by atoms with Gasteiger partial charge in [0.2, 0.25) is 0 Å². The molecule has 1 amide bonds. The lowest BCUT2D eigenvalue weighted by Crippen LogP contribution is -2.16. The largest absolute Gasteiger partial charge is 0.305 e. The molecule has 0 spiro atoms. The van der Waals surface area contributed by atoms with Crippen LogP contribution in [-0.2, 0) is 12.0 Å². The molecule has 3 heterocycles. The highest BCUT2D eigenvalue weighted by molar-refractivity contribution is 6.02. The fourth-order valence-corrected chi connectivity index (χ4v) is 2.92. The summed E-state index contributed by atoms with van der Waals surface area (Å²) in [4.78, 5) is 17.2. The summed E-state index contributed by atoms with van der Waals surface area (Å²) in [5, 5.41) is 15.7. The molecular weight excluding hydrogens is 378 g/mol. The first-order valence-electron chi connectivity index (χ1n) is 9.67.